The molecule has 1 heterocycles. The second-order valence-corrected chi connectivity index (χ2v) is 7.02. The molecule has 1 aromatic heterocycles. The molecule has 1 unspecified atom stereocenters. The Bertz CT molecular complexity index is 909. The first-order valence-corrected chi connectivity index (χ1v) is 8.92. The highest BCUT2D eigenvalue weighted by molar-refractivity contribution is 5.80. The van der Waals surface area contributed by atoms with Crippen LogP contribution in [0, 0.1) is 11.8 Å². The Morgan fingerprint density at radius 3 is 1.76 bits per heavy atom. The first-order chi connectivity index (χ1) is 13.5. The predicted molar refractivity (Wildman–Crippen MR) is 101 cm³/mol. The van der Waals surface area contributed by atoms with Gasteiger partial charge < -0.3 is 24.8 Å². The van der Waals surface area contributed by atoms with Gasteiger partial charge in [-0.15, -0.1) is 0 Å². The number of hydrogen-bond donors (Lipinski definition) is 3. The average molecular weight is 405 g/mol. The molecule has 1 atom stereocenters. The lowest BCUT2D eigenvalue weighted by Gasteiger charge is -2.19. The summed E-state index contributed by atoms with van der Waals surface area (Å²) in [4.78, 5) is 35.9. The zero-order chi connectivity index (χ0) is 21.9. The van der Waals surface area contributed by atoms with Crippen LogP contribution in [0.4, 0.5) is 0 Å². The fourth-order valence-electron chi connectivity index (χ4n) is 2.40. The Hall–Kier alpha value is -3.49. The molecular formula is C20H23NO8. The highest BCUT2D eigenvalue weighted by atomic mass is 16.6. The van der Waals surface area contributed by atoms with Crippen molar-refractivity contribution in [2.24, 2.45) is 11.8 Å². The van der Waals surface area contributed by atoms with Crippen molar-refractivity contribution in [1.29, 1.82) is 0 Å². The van der Waals surface area contributed by atoms with E-state index < -0.39 is 47.5 Å². The summed E-state index contributed by atoms with van der Waals surface area (Å²) in [5.41, 5.74) is 0.0789. The number of aromatic hydroxyl groups is 2. The van der Waals surface area contributed by atoms with Crippen LogP contribution >= 0.6 is 0 Å². The monoisotopic (exact) mass is 405 g/mol. The van der Waals surface area contributed by atoms with E-state index in [2.05, 4.69) is 0 Å². The van der Waals surface area contributed by atoms with Crippen LogP contribution in [0.2, 0.25) is 0 Å². The molecule has 0 amide bonds. The van der Waals surface area contributed by atoms with Crippen LogP contribution in [0.25, 0.3) is 0 Å². The minimum atomic E-state index is -1.52. The lowest BCUT2D eigenvalue weighted by Crippen LogP contribution is -2.21. The average Bonchev–Trinajstić information content (AvgIpc) is 2.95. The molecule has 29 heavy (non-hydrogen) atoms. The zero-order valence-corrected chi connectivity index (χ0v) is 16.4. The van der Waals surface area contributed by atoms with Gasteiger partial charge in [-0.25, -0.2) is 4.79 Å². The summed E-state index contributed by atoms with van der Waals surface area (Å²) < 4.78 is 11.3. The molecule has 3 N–H and O–H groups in total. The van der Waals surface area contributed by atoms with Gasteiger partial charge in [-0.3, -0.25) is 14.2 Å². The maximum atomic E-state index is 12.1. The van der Waals surface area contributed by atoms with E-state index in [-0.39, 0.29) is 17.1 Å². The van der Waals surface area contributed by atoms with Gasteiger partial charge in [-0.05, 0) is 17.7 Å². The smallest absolute Gasteiger partial charge is 0.331 e. The van der Waals surface area contributed by atoms with Crippen LogP contribution < -0.4 is 9.47 Å². The van der Waals surface area contributed by atoms with E-state index in [1.54, 1.807) is 27.7 Å². The standard InChI is InChI=1S/C20H23NO8/c1-10(2)19(26)28-13-6-5-12(9-14(13)29-20(27)11(3)4)17(18(24)25)21-15(22)7-8-16(21)23/h5-11,17,22-23H,1-4H3,(H,24,25). The van der Waals surface area contributed by atoms with Crippen molar-refractivity contribution in [1.82, 2.24) is 4.57 Å². The quantitative estimate of drug-likeness (QED) is 0.473. The van der Waals surface area contributed by atoms with Crippen molar-refractivity contribution >= 4 is 17.9 Å². The molecule has 0 spiro atoms. The molecule has 0 aliphatic carbocycles. The van der Waals surface area contributed by atoms with Crippen molar-refractivity contribution in [3.8, 4) is 23.3 Å². The lowest BCUT2D eigenvalue weighted by molar-refractivity contribution is -0.140. The molecule has 9 nitrogen and oxygen atoms in total. The van der Waals surface area contributed by atoms with E-state index in [0.717, 1.165) is 16.7 Å². The Morgan fingerprint density at radius 1 is 0.828 bits per heavy atom. The molecule has 0 fully saturated rings. The number of ether oxygens (including phenoxy) is 2. The molecular weight excluding hydrogens is 382 g/mol. The van der Waals surface area contributed by atoms with E-state index in [4.69, 9.17) is 9.47 Å². The van der Waals surface area contributed by atoms with Crippen LogP contribution in [0.15, 0.2) is 30.3 Å². The topological polar surface area (TPSA) is 135 Å². The number of nitrogens with zero attached hydrogens (tertiary/aromatic N) is 1. The SMILES string of the molecule is CC(C)C(=O)Oc1ccc(C(C(=O)O)n2c(O)ccc2O)cc1OC(=O)C(C)C. The normalized spacial score (nSPS) is 12.1. The van der Waals surface area contributed by atoms with E-state index in [9.17, 15) is 29.7 Å². The van der Waals surface area contributed by atoms with Crippen LogP contribution in [-0.2, 0) is 14.4 Å². The van der Waals surface area contributed by atoms with Gasteiger partial charge >= 0.3 is 17.9 Å². The Kier molecular flexibility index (Phi) is 6.53. The van der Waals surface area contributed by atoms with E-state index in [1.807, 2.05) is 0 Å². The molecule has 156 valence electrons. The van der Waals surface area contributed by atoms with E-state index in [0.29, 0.717) is 0 Å². The number of carbonyl (C=O) groups is 3. The number of benzene rings is 1. The summed E-state index contributed by atoms with van der Waals surface area (Å²) in [6, 6.07) is 4.63. The van der Waals surface area contributed by atoms with Gasteiger partial charge in [-0.1, -0.05) is 33.8 Å². The summed E-state index contributed by atoms with van der Waals surface area (Å²) in [6.07, 6.45) is 0. The lowest BCUT2D eigenvalue weighted by atomic mass is 10.1. The van der Waals surface area contributed by atoms with Gasteiger partial charge in [0.25, 0.3) is 0 Å². The van der Waals surface area contributed by atoms with Gasteiger partial charge in [0.1, 0.15) is 0 Å². The van der Waals surface area contributed by atoms with Gasteiger partial charge in [0, 0.05) is 12.1 Å². The number of carbonyl (C=O) groups excluding carboxylic acids is 2. The first-order valence-electron chi connectivity index (χ1n) is 8.92. The third-order valence-electron chi connectivity index (χ3n) is 4.01. The fraction of sp³-hybridized carbons (Fsp3) is 0.350. The molecule has 0 saturated carbocycles. The third kappa shape index (κ3) is 4.87. The Balaban J connectivity index is 2.56. The maximum Gasteiger partial charge on any atom is 0.331 e. The molecule has 2 aromatic rings. The number of aliphatic carboxylic acids is 1. The van der Waals surface area contributed by atoms with E-state index >= 15 is 0 Å². The molecule has 0 aliphatic rings. The van der Waals surface area contributed by atoms with Crippen molar-refractivity contribution in [3.63, 3.8) is 0 Å². The number of esters is 2. The predicted octanol–water partition coefficient (Wildman–Crippen LogP) is 2.70. The Morgan fingerprint density at radius 2 is 1.31 bits per heavy atom. The second kappa shape index (κ2) is 8.68. The molecule has 2 rings (SSSR count). The molecule has 0 bridgehead atoms. The van der Waals surface area contributed by atoms with Crippen LogP contribution in [0.1, 0.15) is 39.3 Å². The molecule has 0 radical (unpaired) electrons. The van der Waals surface area contributed by atoms with Gasteiger partial charge in [0.15, 0.2) is 29.3 Å². The van der Waals surface area contributed by atoms with Crippen molar-refractivity contribution in [2.45, 2.75) is 33.7 Å². The van der Waals surface area contributed by atoms with Crippen molar-refractivity contribution < 1.29 is 39.2 Å². The van der Waals surface area contributed by atoms with Crippen LogP contribution in [0.5, 0.6) is 23.3 Å². The summed E-state index contributed by atoms with van der Waals surface area (Å²) in [5, 5.41) is 29.5. The first kappa shape index (κ1) is 21.8. The molecule has 9 heteroatoms. The van der Waals surface area contributed by atoms with E-state index in [1.165, 1.54) is 18.2 Å². The minimum Gasteiger partial charge on any atom is -0.494 e. The zero-order valence-electron chi connectivity index (χ0n) is 16.4. The van der Waals surface area contributed by atoms with Crippen LogP contribution in [0.3, 0.4) is 0 Å². The molecule has 1 aromatic carbocycles. The number of aromatic nitrogens is 1. The van der Waals surface area contributed by atoms with Gasteiger partial charge in [0.2, 0.25) is 0 Å². The van der Waals surface area contributed by atoms with Gasteiger partial charge in [-0.2, -0.15) is 0 Å². The summed E-state index contributed by atoms with van der Waals surface area (Å²) in [5.74, 6) is -4.60. The summed E-state index contributed by atoms with van der Waals surface area (Å²) in [7, 11) is 0. The summed E-state index contributed by atoms with van der Waals surface area (Å²) in [6.45, 7) is 6.49. The number of carboxylic acids is 1. The third-order valence-corrected chi connectivity index (χ3v) is 4.01. The van der Waals surface area contributed by atoms with Crippen molar-refractivity contribution in [3.05, 3.63) is 35.9 Å². The number of rotatable bonds is 7. The highest BCUT2D eigenvalue weighted by Crippen LogP contribution is 2.36. The maximum absolute atomic E-state index is 12.1. The molecule has 0 saturated heterocycles. The number of hydrogen-bond acceptors (Lipinski definition) is 7. The Labute approximate surface area is 167 Å². The summed E-state index contributed by atoms with van der Waals surface area (Å²) >= 11 is 0. The number of carboxylic acid groups (broad SMARTS) is 1. The largest absolute Gasteiger partial charge is 0.494 e. The van der Waals surface area contributed by atoms with Gasteiger partial charge in [0.05, 0.1) is 11.8 Å². The highest BCUT2D eigenvalue weighted by Gasteiger charge is 2.28. The minimum absolute atomic E-state index is 0.0495. The van der Waals surface area contributed by atoms with Crippen LogP contribution in [-0.4, -0.2) is 37.8 Å². The fourth-order valence-corrected chi connectivity index (χ4v) is 2.40. The molecule has 0 aliphatic heterocycles. The second-order valence-electron chi connectivity index (χ2n) is 7.02. The van der Waals surface area contributed by atoms with Crippen molar-refractivity contribution in [2.75, 3.05) is 0 Å².